The molecule has 7 heteroatoms. The van der Waals surface area contributed by atoms with Gasteiger partial charge >= 0.3 is 0 Å². The lowest BCUT2D eigenvalue weighted by atomic mass is 9.94. The predicted molar refractivity (Wildman–Crippen MR) is 106 cm³/mol. The summed E-state index contributed by atoms with van der Waals surface area (Å²) in [5.41, 5.74) is 2.78. The van der Waals surface area contributed by atoms with Crippen LogP contribution >= 0.6 is 0 Å². The van der Waals surface area contributed by atoms with E-state index in [1.165, 1.54) is 11.1 Å². The van der Waals surface area contributed by atoms with E-state index in [1.807, 2.05) is 0 Å². The molecule has 1 saturated carbocycles. The van der Waals surface area contributed by atoms with Crippen molar-refractivity contribution in [3.63, 3.8) is 0 Å². The molecule has 1 amide bonds. The Balaban J connectivity index is 1.35. The molecule has 1 aromatic carbocycles. The number of fused-ring (bicyclic) bond motifs is 1. The number of rotatable bonds is 4. The summed E-state index contributed by atoms with van der Waals surface area (Å²) in [5.74, 6) is 1.30. The van der Waals surface area contributed by atoms with Gasteiger partial charge in [0.05, 0.1) is 12.1 Å². The van der Waals surface area contributed by atoms with Crippen LogP contribution in [0.2, 0.25) is 0 Å². The summed E-state index contributed by atoms with van der Waals surface area (Å²) in [6, 6.07) is 8.96. The number of nitrogens with one attached hydrogen (secondary N) is 1. The Bertz CT molecular complexity index is 904. The molecule has 2 aromatic rings. The Morgan fingerprint density at radius 2 is 2.07 bits per heavy atom. The molecule has 2 aliphatic heterocycles. The Labute approximate surface area is 165 Å². The number of aromatic nitrogens is 3. The standard InChI is InChI=1S/C21H28N6O/c1-15-5-3-4-6-16(15)11-26-10-9-21(13-26)14-27-18(12-25(21)2)23-24-19(27)20(28)22-17-7-8-17/h3-6,17H,7-14H2,1-2H3,(H,22,28). The molecule has 148 valence electrons. The monoisotopic (exact) mass is 380 g/mol. The van der Waals surface area contributed by atoms with Gasteiger partial charge in [0.25, 0.3) is 5.91 Å². The minimum Gasteiger partial charge on any atom is -0.347 e. The average Bonchev–Trinajstić information content (AvgIpc) is 3.26. The third-order valence-electron chi connectivity index (χ3n) is 6.65. The first-order chi connectivity index (χ1) is 13.5. The van der Waals surface area contributed by atoms with Gasteiger partial charge in [0.1, 0.15) is 5.82 Å². The van der Waals surface area contributed by atoms with Crippen molar-refractivity contribution in [3.05, 3.63) is 47.0 Å². The van der Waals surface area contributed by atoms with Crippen molar-refractivity contribution in [1.29, 1.82) is 0 Å². The largest absolute Gasteiger partial charge is 0.347 e. The van der Waals surface area contributed by atoms with Crippen molar-refractivity contribution in [2.45, 2.75) is 57.4 Å². The van der Waals surface area contributed by atoms with Gasteiger partial charge in [-0.2, -0.15) is 0 Å². The van der Waals surface area contributed by atoms with E-state index in [0.717, 1.165) is 57.8 Å². The van der Waals surface area contributed by atoms with Crippen molar-refractivity contribution < 1.29 is 4.79 Å². The van der Waals surface area contributed by atoms with Crippen LogP contribution in [0.15, 0.2) is 24.3 Å². The molecule has 28 heavy (non-hydrogen) atoms. The van der Waals surface area contributed by atoms with E-state index >= 15 is 0 Å². The number of carbonyl (C=O) groups excluding carboxylic acids is 1. The molecule has 1 saturated heterocycles. The third kappa shape index (κ3) is 3.12. The van der Waals surface area contributed by atoms with Crippen molar-refractivity contribution >= 4 is 5.91 Å². The van der Waals surface area contributed by atoms with Gasteiger partial charge in [-0.15, -0.1) is 10.2 Å². The zero-order chi connectivity index (χ0) is 19.3. The Hall–Kier alpha value is -2.25. The summed E-state index contributed by atoms with van der Waals surface area (Å²) in [7, 11) is 2.18. The smallest absolute Gasteiger partial charge is 0.289 e. The van der Waals surface area contributed by atoms with Crippen LogP contribution in [-0.4, -0.2) is 62.2 Å². The van der Waals surface area contributed by atoms with E-state index in [0.29, 0.717) is 11.9 Å². The fourth-order valence-corrected chi connectivity index (χ4v) is 4.60. The molecular weight excluding hydrogens is 352 g/mol. The van der Waals surface area contributed by atoms with E-state index < -0.39 is 0 Å². The number of carbonyl (C=O) groups is 1. The third-order valence-corrected chi connectivity index (χ3v) is 6.65. The zero-order valence-electron chi connectivity index (χ0n) is 16.7. The first kappa shape index (κ1) is 17.8. The number of amides is 1. The van der Waals surface area contributed by atoms with Crippen LogP contribution in [0.5, 0.6) is 0 Å². The molecule has 1 spiro atoms. The lowest BCUT2D eigenvalue weighted by Gasteiger charge is -2.42. The minimum atomic E-state index is -0.0734. The van der Waals surface area contributed by atoms with Gasteiger partial charge in [-0.1, -0.05) is 24.3 Å². The Morgan fingerprint density at radius 3 is 2.86 bits per heavy atom. The summed E-state index contributed by atoms with van der Waals surface area (Å²) in [6.45, 7) is 6.75. The fourth-order valence-electron chi connectivity index (χ4n) is 4.60. The van der Waals surface area contributed by atoms with E-state index in [9.17, 15) is 4.79 Å². The van der Waals surface area contributed by atoms with Gasteiger partial charge in [-0.25, -0.2) is 0 Å². The van der Waals surface area contributed by atoms with Gasteiger partial charge < -0.3 is 9.88 Å². The predicted octanol–water partition coefficient (Wildman–Crippen LogP) is 1.57. The van der Waals surface area contributed by atoms with Crippen LogP contribution in [0.1, 0.15) is 46.8 Å². The van der Waals surface area contributed by atoms with Crippen LogP contribution in [0.4, 0.5) is 0 Å². The topological polar surface area (TPSA) is 66.3 Å². The van der Waals surface area contributed by atoms with Crippen LogP contribution in [0.25, 0.3) is 0 Å². The van der Waals surface area contributed by atoms with Crippen LogP contribution in [-0.2, 0) is 19.6 Å². The van der Waals surface area contributed by atoms with Gasteiger partial charge in [-0.3, -0.25) is 14.6 Å². The Morgan fingerprint density at radius 1 is 1.25 bits per heavy atom. The number of hydrogen-bond acceptors (Lipinski definition) is 5. The molecule has 0 bridgehead atoms. The lowest BCUT2D eigenvalue weighted by Crippen LogP contribution is -2.55. The molecule has 1 unspecified atom stereocenters. The fraction of sp³-hybridized carbons (Fsp3) is 0.571. The van der Waals surface area contributed by atoms with E-state index in [1.54, 1.807) is 0 Å². The molecule has 3 aliphatic rings. The number of nitrogens with zero attached hydrogens (tertiary/aromatic N) is 5. The molecule has 1 aromatic heterocycles. The summed E-state index contributed by atoms with van der Waals surface area (Å²) in [6.07, 6.45) is 3.25. The normalized spacial score (nSPS) is 25.2. The first-order valence-electron chi connectivity index (χ1n) is 10.3. The maximum Gasteiger partial charge on any atom is 0.289 e. The van der Waals surface area contributed by atoms with E-state index in [-0.39, 0.29) is 11.4 Å². The number of hydrogen-bond donors (Lipinski definition) is 1. The van der Waals surface area contributed by atoms with Gasteiger partial charge in [0.2, 0.25) is 5.82 Å². The number of likely N-dealkylation sites (N-methyl/N-ethyl adjacent to an activating group) is 1. The highest BCUT2D eigenvalue weighted by Crippen LogP contribution is 2.35. The molecule has 1 atom stereocenters. The SMILES string of the molecule is Cc1ccccc1CN1CCC2(C1)Cn1c(nnc1C(=O)NC1CC1)CN2C. The highest BCUT2D eigenvalue weighted by molar-refractivity contribution is 5.91. The number of likely N-dealkylation sites (tertiary alicyclic amines) is 1. The van der Waals surface area contributed by atoms with Crippen LogP contribution in [0.3, 0.4) is 0 Å². The molecule has 7 nitrogen and oxygen atoms in total. The molecular formula is C21H28N6O. The van der Waals surface area contributed by atoms with E-state index in [4.69, 9.17) is 0 Å². The lowest BCUT2D eigenvalue weighted by molar-refractivity contribution is 0.0648. The first-order valence-corrected chi connectivity index (χ1v) is 10.3. The molecule has 5 rings (SSSR count). The van der Waals surface area contributed by atoms with Crippen molar-refractivity contribution in [2.24, 2.45) is 0 Å². The second kappa shape index (κ2) is 6.67. The quantitative estimate of drug-likeness (QED) is 0.872. The van der Waals surface area contributed by atoms with Crippen molar-refractivity contribution in [1.82, 2.24) is 29.9 Å². The minimum absolute atomic E-state index is 0.0344. The second-order valence-corrected chi connectivity index (χ2v) is 8.74. The van der Waals surface area contributed by atoms with Crippen LogP contribution < -0.4 is 5.32 Å². The summed E-state index contributed by atoms with van der Waals surface area (Å²) >= 11 is 0. The molecule has 1 aliphatic carbocycles. The maximum atomic E-state index is 12.6. The number of aryl methyl sites for hydroxylation is 1. The number of benzene rings is 1. The van der Waals surface area contributed by atoms with Crippen molar-refractivity contribution in [2.75, 3.05) is 20.1 Å². The Kier molecular flexibility index (Phi) is 4.25. The highest BCUT2D eigenvalue weighted by atomic mass is 16.2. The summed E-state index contributed by atoms with van der Waals surface area (Å²) in [4.78, 5) is 17.6. The van der Waals surface area contributed by atoms with Crippen LogP contribution in [0, 0.1) is 6.92 Å². The molecule has 1 N–H and O–H groups in total. The average molecular weight is 380 g/mol. The highest BCUT2D eigenvalue weighted by Gasteiger charge is 2.46. The second-order valence-electron chi connectivity index (χ2n) is 8.74. The van der Waals surface area contributed by atoms with Gasteiger partial charge in [-0.05, 0) is 44.4 Å². The van der Waals surface area contributed by atoms with Gasteiger partial charge in [0, 0.05) is 32.2 Å². The van der Waals surface area contributed by atoms with Gasteiger partial charge in [0.15, 0.2) is 0 Å². The maximum absolute atomic E-state index is 12.6. The molecule has 2 fully saturated rings. The summed E-state index contributed by atoms with van der Waals surface area (Å²) in [5, 5.41) is 11.6. The molecule has 3 heterocycles. The zero-order valence-corrected chi connectivity index (χ0v) is 16.7. The summed E-state index contributed by atoms with van der Waals surface area (Å²) < 4.78 is 2.06. The van der Waals surface area contributed by atoms with E-state index in [2.05, 4.69) is 68.1 Å². The molecule has 0 radical (unpaired) electrons. The van der Waals surface area contributed by atoms with Crippen molar-refractivity contribution in [3.8, 4) is 0 Å².